The summed E-state index contributed by atoms with van der Waals surface area (Å²) in [6.07, 6.45) is 2.55. The molecule has 1 heterocycles. The van der Waals surface area contributed by atoms with Crippen LogP contribution in [-0.4, -0.2) is 48.9 Å². The Bertz CT molecular complexity index is 950. The second kappa shape index (κ2) is 10.8. The minimum absolute atomic E-state index is 0.0377. The topological polar surface area (TPSA) is 87.7 Å². The van der Waals surface area contributed by atoms with Gasteiger partial charge in [-0.05, 0) is 61.6 Å². The molecule has 0 radical (unpaired) electrons. The van der Waals surface area contributed by atoms with Crippen molar-refractivity contribution in [2.45, 2.75) is 39.2 Å². The highest BCUT2D eigenvalue weighted by Gasteiger charge is 2.29. The van der Waals surface area contributed by atoms with Gasteiger partial charge in [-0.3, -0.25) is 14.4 Å². The number of anilines is 1. The number of methoxy groups -OCH3 is 1. The predicted octanol–water partition coefficient (Wildman–Crippen LogP) is 3.71. The highest BCUT2D eigenvalue weighted by molar-refractivity contribution is 6.09. The van der Waals surface area contributed by atoms with Gasteiger partial charge in [0, 0.05) is 18.7 Å². The molecule has 7 heteroatoms. The Kier molecular flexibility index (Phi) is 7.87. The summed E-state index contributed by atoms with van der Waals surface area (Å²) in [5.41, 5.74) is 1.16. The number of carbonyl (C=O) groups excluding carboxylic acids is 3. The van der Waals surface area contributed by atoms with E-state index in [1.54, 1.807) is 55.6 Å². The van der Waals surface area contributed by atoms with E-state index in [0.717, 1.165) is 25.9 Å². The first-order valence-electron chi connectivity index (χ1n) is 11.0. The summed E-state index contributed by atoms with van der Waals surface area (Å²) in [7, 11) is 1.56. The number of hydrogen-bond acceptors (Lipinski definition) is 4. The van der Waals surface area contributed by atoms with Gasteiger partial charge in [0.2, 0.25) is 5.91 Å². The number of ether oxygens (including phenoxy) is 1. The average Bonchev–Trinajstić information content (AvgIpc) is 3.33. The summed E-state index contributed by atoms with van der Waals surface area (Å²) in [4.78, 5) is 40.6. The lowest BCUT2D eigenvalue weighted by atomic mass is 10.0. The molecule has 0 spiro atoms. The lowest BCUT2D eigenvalue weighted by Crippen LogP contribution is -2.48. The van der Waals surface area contributed by atoms with Gasteiger partial charge in [0.15, 0.2) is 0 Å². The first-order valence-corrected chi connectivity index (χ1v) is 11.0. The Hall–Kier alpha value is -3.35. The summed E-state index contributed by atoms with van der Waals surface area (Å²) in [5.74, 6) is 0.148. The molecule has 1 saturated heterocycles. The van der Waals surface area contributed by atoms with Crippen LogP contribution in [0.15, 0.2) is 48.5 Å². The van der Waals surface area contributed by atoms with Crippen molar-refractivity contribution in [3.8, 4) is 5.75 Å². The van der Waals surface area contributed by atoms with E-state index >= 15 is 0 Å². The molecule has 1 unspecified atom stereocenters. The molecule has 0 aliphatic carbocycles. The van der Waals surface area contributed by atoms with E-state index in [4.69, 9.17) is 4.74 Å². The van der Waals surface area contributed by atoms with Crippen LogP contribution in [0.2, 0.25) is 0 Å². The van der Waals surface area contributed by atoms with Gasteiger partial charge in [-0.25, -0.2) is 0 Å². The van der Waals surface area contributed by atoms with E-state index in [2.05, 4.69) is 10.6 Å². The van der Waals surface area contributed by atoms with Crippen molar-refractivity contribution >= 4 is 23.4 Å². The molecule has 1 aliphatic rings. The Labute approximate surface area is 189 Å². The van der Waals surface area contributed by atoms with Crippen LogP contribution in [0.1, 0.15) is 53.8 Å². The van der Waals surface area contributed by atoms with E-state index in [-0.39, 0.29) is 23.6 Å². The highest BCUT2D eigenvalue weighted by atomic mass is 16.5. The van der Waals surface area contributed by atoms with Gasteiger partial charge in [0.1, 0.15) is 11.8 Å². The van der Waals surface area contributed by atoms with Crippen LogP contribution in [0.3, 0.4) is 0 Å². The number of benzene rings is 2. The van der Waals surface area contributed by atoms with Crippen LogP contribution in [0, 0.1) is 5.92 Å². The minimum atomic E-state index is -0.592. The molecule has 0 bridgehead atoms. The van der Waals surface area contributed by atoms with Crippen LogP contribution in [0.5, 0.6) is 5.75 Å². The molecule has 7 nitrogen and oxygen atoms in total. The molecule has 3 rings (SSSR count). The fraction of sp³-hybridized carbons (Fsp3) is 0.400. The molecule has 1 aliphatic heterocycles. The molecule has 2 aromatic rings. The Morgan fingerprint density at radius 3 is 2.25 bits per heavy atom. The number of para-hydroxylation sites is 1. The zero-order chi connectivity index (χ0) is 23.1. The predicted molar refractivity (Wildman–Crippen MR) is 124 cm³/mol. The van der Waals surface area contributed by atoms with Gasteiger partial charge in [-0.15, -0.1) is 0 Å². The standard InChI is InChI=1S/C25H31N3O4/c1-17(2)16-22(25(31)28-14-6-7-15-28)27-24(30)20-8-4-5-9-21(20)26-23(29)18-10-12-19(32-3)13-11-18/h4-5,8-13,17,22H,6-7,14-16H2,1-3H3,(H,26,29)(H,27,30). The van der Waals surface area contributed by atoms with E-state index in [1.807, 2.05) is 18.7 Å². The van der Waals surface area contributed by atoms with Crippen molar-refractivity contribution < 1.29 is 19.1 Å². The number of rotatable bonds is 8. The van der Waals surface area contributed by atoms with Gasteiger partial charge in [0.05, 0.1) is 18.4 Å². The van der Waals surface area contributed by atoms with Gasteiger partial charge >= 0.3 is 0 Å². The van der Waals surface area contributed by atoms with Crippen LogP contribution >= 0.6 is 0 Å². The van der Waals surface area contributed by atoms with Gasteiger partial charge < -0.3 is 20.3 Å². The van der Waals surface area contributed by atoms with Crippen molar-refractivity contribution in [2.24, 2.45) is 5.92 Å². The minimum Gasteiger partial charge on any atom is -0.497 e. The third kappa shape index (κ3) is 5.87. The fourth-order valence-corrected chi connectivity index (χ4v) is 3.81. The molecular weight excluding hydrogens is 406 g/mol. The second-order valence-corrected chi connectivity index (χ2v) is 8.42. The number of nitrogens with one attached hydrogen (secondary N) is 2. The monoisotopic (exact) mass is 437 g/mol. The SMILES string of the molecule is COc1ccc(C(=O)Nc2ccccc2C(=O)NC(CC(C)C)C(=O)N2CCCC2)cc1. The van der Waals surface area contributed by atoms with E-state index in [1.165, 1.54) is 0 Å². The maximum absolute atomic E-state index is 13.1. The first-order chi connectivity index (χ1) is 15.4. The van der Waals surface area contributed by atoms with Crippen molar-refractivity contribution in [1.82, 2.24) is 10.2 Å². The summed E-state index contributed by atoms with van der Waals surface area (Å²) < 4.78 is 5.12. The number of nitrogens with zero attached hydrogens (tertiary/aromatic N) is 1. The quantitative estimate of drug-likeness (QED) is 0.659. The number of hydrogen-bond donors (Lipinski definition) is 2. The Morgan fingerprint density at radius 1 is 0.969 bits per heavy atom. The lowest BCUT2D eigenvalue weighted by molar-refractivity contribution is -0.132. The van der Waals surface area contributed by atoms with E-state index in [9.17, 15) is 14.4 Å². The van der Waals surface area contributed by atoms with Crippen LogP contribution in [-0.2, 0) is 4.79 Å². The van der Waals surface area contributed by atoms with Crippen LogP contribution in [0.25, 0.3) is 0 Å². The maximum atomic E-state index is 13.1. The molecule has 170 valence electrons. The first kappa shape index (κ1) is 23.3. The van der Waals surface area contributed by atoms with Gasteiger partial charge in [0.25, 0.3) is 11.8 Å². The van der Waals surface area contributed by atoms with E-state index in [0.29, 0.717) is 29.0 Å². The normalized spacial score (nSPS) is 14.2. The van der Waals surface area contributed by atoms with Crippen LogP contribution in [0.4, 0.5) is 5.69 Å². The lowest BCUT2D eigenvalue weighted by Gasteiger charge is -2.25. The van der Waals surface area contributed by atoms with Crippen molar-refractivity contribution in [3.05, 3.63) is 59.7 Å². The third-order valence-corrected chi connectivity index (χ3v) is 5.50. The molecule has 3 amide bonds. The average molecular weight is 438 g/mol. The molecule has 1 fully saturated rings. The second-order valence-electron chi connectivity index (χ2n) is 8.42. The zero-order valence-electron chi connectivity index (χ0n) is 18.9. The van der Waals surface area contributed by atoms with Gasteiger partial charge in [-0.1, -0.05) is 26.0 Å². The molecule has 2 aromatic carbocycles. The summed E-state index contributed by atoms with van der Waals surface area (Å²) >= 11 is 0. The Balaban J connectivity index is 1.75. The van der Waals surface area contributed by atoms with Gasteiger partial charge in [-0.2, -0.15) is 0 Å². The molecule has 1 atom stereocenters. The summed E-state index contributed by atoms with van der Waals surface area (Å²) in [6.45, 7) is 5.52. The molecule has 0 saturated carbocycles. The smallest absolute Gasteiger partial charge is 0.255 e. The molecule has 0 aromatic heterocycles. The fourth-order valence-electron chi connectivity index (χ4n) is 3.81. The van der Waals surface area contributed by atoms with Crippen LogP contribution < -0.4 is 15.4 Å². The molecular formula is C25H31N3O4. The number of likely N-dealkylation sites (tertiary alicyclic amines) is 1. The van der Waals surface area contributed by atoms with Crippen molar-refractivity contribution in [3.63, 3.8) is 0 Å². The van der Waals surface area contributed by atoms with Crippen molar-refractivity contribution in [2.75, 3.05) is 25.5 Å². The zero-order valence-corrected chi connectivity index (χ0v) is 18.9. The number of carbonyl (C=O) groups is 3. The van der Waals surface area contributed by atoms with E-state index < -0.39 is 6.04 Å². The summed E-state index contributed by atoms with van der Waals surface area (Å²) in [6, 6.07) is 12.9. The molecule has 2 N–H and O–H groups in total. The highest BCUT2D eigenvalue weighted by Crippen LogP contribution is 2.19. The largest absolute Gasteiger partial charge is 0.497 e. The third-order valence-electron chi connectivity index (χ3n) is 5.50. The summed E-state index contributed by atoms with van der Waals surface area (Å²) in [5, 5.41) is 5.72. The number of amides is 3. The molecule has 32 heavy (non-hydrogen) atoms. The maximum Gasteiger partial charge on any atom is 0.255 e. The van der Waals surface area contributed by atoms with Crippen molar-refractivity contribution in [1.29, 1.82) is 0 Å². The Morgan fingerprint density at radius 2 is 1.62 bits per heavy atom.